The molecule has 0 saturated heterocycles. The minimum Gasteiger partial charge on any atom is -0.354 e. The van der Waals surface area contributed by atoms with Gasteiger partial charge in [0.15, 0.2) is 11.4 Å². The molecule has 0 atom stereocenters. The van der Waals surface area contributed by atoms with Crippen LogP contribution in [0.2, 0.25) is 0 Å². The van der Waals surface area contributed by atoms with E-state index in [1.165, 1.54) is 0 Å². The first-order valence-electron chi connectivity index (χ1n) is 10.5. The van der Waals surface area contributed by atoms with Crippen LogP contribution < -0.4 is 4.72 Å². The van der Waals surface area contributed by atoms with Crippen molar-refractivity contribution >= 4 is 32.7 Å². The summed E-state index contributed by atoms with van der Waals surface area (Å²) < 4.78 is 35.6. The van der Waals surface area contributed by atoms with Crippen LogP contribution in [0.3, 0.4) is 0 Å². The molecule has 0 unspecified atom stereocenters. The second kappa shape index (κ2) is 8.04. The minimum absolute atomic E-state index is 0.152. The molecule has 10 heteroatoms. The fraction of sp³-hybridized carbons (Fsp3) is 0.208. The minimum atomic E-state index is -3.82. The molecule has 9 nitrogen and oxygen atoms in total. The number of fused-ring (bicyclic) bond motifs is 2. The van der Waals surface area contributed by atoms with Gasteiger partial charge in [-0.2, -0.15) is 5.10 Å². The van der Waals surface area contributed by atoms with Crippen LogP contribution in [0.4, 0.5) is 5.82 Å². The summed E-state index contributed by atoms with van der Waals surface area (Å²) in [7, 11) is -3.82. The van der Waals surface area contributed by atoms with Gasteiger partial charge < -0.3 is 9.42 Å². The SMILES string of the molecule is C#CC(=O)N1Cc2cn(Cc3cc(C)c4c(NS(=O)(=O)c5ccccc5C)noc4c3)nc2C1. The van der Waals surface area contributed by atoms with E-state index in [0.717, 1.165) is 22.4 Å². The zero-order chi connectivity index (χ0) is 24.0. The lowest BCUT2D eigenvalue weighted by Gasteiger charge is -2.11. The van der Waals surface area contributed by atoms with Crippen LogP contribution in [0, 0.1) is 26.2 Å². The summed E-state index contributed by atoms with van der Waals surface area (Å²) in [6.07, 6.45) is 7.10. The largest absolute Gasteiger partial charge is 0.354 e. The molecule has 2 aromatic carbocycles. The van der Waals surface area contributed by atoms with Gasteiger partial charge in [-0.3, -0.25) is 14.2 Å². The molecule has 0 spiro atoms. The van der Waals surface area contributed by atoms with Crippen LogP contribution >= 0.6 is 0 Å². The lowest BCUT2D eigenvalue weighted by Crippen LogP contribution is -2.24. The molecular formula is C24H21N5O4S. The van der Waals surface area contributed by atoms with E-state index in [2.05, 4.69) is 20.9 Å². The smallest absolute Gasteiger partial charge is 0.298 e. The number of nitrogens with zero attached hydrogens (tertiary/aromatic N) is 4. The summed E-state index contributed by atoms with van der Waals surface area (Å²) in [5, 5.41) is 9.16. The Labute approximate surface area is 196 Å². The van der Waals surface area contributed by atoms with Crippen molar-refractivity contribution in [1.82, 2.24) is 19.8 Å². The third-order valence-electron chi connectivity index (χ3n) is 5.83. The Morgan fingerprint density at radius 2 is 2.00 bits per heavy atom. The van der Waals surface area contributed by atoms with Crippen molar-refractivity contribution in [1.29, 1.82) is 0 Å². The van der Waals surface area contributed by atoms with Crippen LogP contribution in [0.1, 0.15) is 27.9 Å². The standard InChI is InChI=1S/C24H21N5O4S/c1-4-22(30)28-12-18-13-29(25-19(18)14-28)11-17-9-16(3)23-20(10-17)33-26-24(23)27-34(31,32)21-8-6-5-7-15(21)2/h1,5-10,13H,11-12,14H2,2-3H3,(H,26,27). The average molecular weight is 476 g/mol. The average Bonchev–Trinajstić information content (AvgIpc) is 3.47. The number of rotatable bonds is 5. The van der Waals surface area contributed by atoms with Gasteiger partial charge in [0.2, 0.25) is 0 Å². The lowest BCUT2D eigenvalue weighted by atomic mass is 10.1. The Kier molecular flexibility index (Phi) is 5.14. The van der Waals surface area contributed by atoms with E-state index in [-0.39, 0.29) is 16.6 Å². The van der Waals surface area contributed by atoms with Crippen LogP contribution in [0.5, 0.6) is 0 Å². The first kappa shape index (κ1) is 21.7. The number of hydrogen-bond donors (Lipinski definition) is 1. The number of aromatic nitrogens is 3. The second-order valence-electron chi connectivity index (χ2n) is 8.29. The second-order valence-corrected chi connectivity index (χ2v) is 9.94. The third kappa shape index (κ3) is 3.80. The van der Waals surface area contributed by atoms with E-state index in [9.17, 15) is 13.2 Å². The summed E-state index contributed by atoms with van der Waals surface area (Å²) in [6, 6.07) is 10.5. The third-order valence-corrected chi connectivity index (χ3v) is 7.33. The molecule has 0 saturated carbocycles. The highest BCUT2D eigenvalue weighted by Gasteiger charge is 2.26. The lowest BCUT2D eigenvalue weighted by molar-refractivity contribution is -0.125. The molecule has 1 amide bonds. The molecule has 0 bridgehead atoms. The highest BCUT2D eigenvalue weighted by Crippen LogP contribution is 2.30. The first-order chi connectivity index (χ1) is 16.2. The zero-order valence-electron chi connectivity index (χ0n) is 18.6. The van der Waals surface area contributed by atoms with Crippen molar-refractivity contribution in [2.24, 2.45) is 0 Å². The van der Waals surface area contributed by atoms with Gasteiger partial charge in [0.1, 0.15) is 0 Å². The maximum atomic E-state index is 12.9. The maximum absolute atomic E-state index is 12.9. The van der Waals surface area contributed by atoms with Gasteiger partial charge in [0.25, 0.3) is 15.9 Å². The molecule has 1 N–H and O–H groups in total. The number of aryl methyl sites for hydroxylation is 2. The van der Waals surface area contributed by atoms with Crippen LogP contribution in [0.15, 0.2) is 52.0 Å². The summed E-state index contributed by atoms with van der Waals surface area (Å²) in [5.41, 5.74) is 4.65. The quantitative estimate of drug-likeness (QED) is 0.445. The van der Waals surface area contributed by atoms with E-state index in [1.54, 1.807) is 40.8 Å². The van der Waals surface area contributed by atoms with E-state index >= 15 is 0 Å². The molecule has 5 rings (SSSR count). The maximum Gasteiger partial charge on any atom is 0.298 e. The predicted molar refractivity (Wildman–Crippen MR) is 125 cm³/mol. The molecule has 172 valence electrons. The number of terminal acetylenes is 1. The first-order valence-corrected chi connectivity index (χ1v) is 12.0. The molecule has 0 aliphatic carbocycles. The number of sulfonamides is 1. The van der Waals surface area contributed by atoms with Gasteiger partial charge >= 0.3 is 0 Å². The van der Waals surface area contributed by atoms with Crippen LogP contribution in [0.25, 0.3) is 11.0 Å². The Morgan fingerprint density at radius 1 is 1.21 bits per heavy atom. The van der Waals surface area contributed by atoms with Gasteiger partial charge in [-0.15, -0.1) is 6.42 Å². The number of carbonyl (C=O) groups excluding carboxylic acids is 1. The van der Waals surface area contributed by atoms with E-state index < -0.39 is 10.0 Å². The van der Waals surface area contributed by atoms with Crippen LogP contribution in [-0.4, -0.2) is 34.2 Å². The number of anilines is 1. The Morgan fingerprint density at radius 3 is 2.74 bits per heavy atom. The Bertz CT molecular complexity index is 1570. The zero-order valence-corrected chi connectivity index (χ0v) is 19.4. The van der Waals surface area contributed by atoms with Crippen molar-refractivity contribution in [3.05, 3.63) is 70.5 Å². The van der Waals surface area contributed by atoms with E-state index in [4.69, 9.17) is 10.9 Å². The van der Waals surface area contributed by atoms with Crippen molar-refractivity contribution in [3.8, 4) is 12.3 Å². The highest BCUT2D eigenvalue weighted by molar-refractivity contribution is 7.92. The summed E-state index contributed by atoms with van der Waals surface area (Å²) >= 11 is 0. The molecule has 0 fully saturated rings. The van der Waals surface area contributed by atoms with E-state index in [0.29, 0.717) is 36.2 Å². The number of nitrogens with one attached hydrogen (secondary N) is 1. The van der Waals surface area contributed by atoms with Gasteiger partial charge in [0, 0.05) is 11.8 Å². The number of benzene rings is 2. The molecule has 1 aliphatic heterocycles. The number of hydrogen-bond acceptors (Lipinski definition) is 6. The van der Waals surface area contributed by atoms with Crippen LogP contribution in [-0.2, 0) is 34.5 Å². The van der Waals surface area contributed by atoms with Crippen molar-refractivity contribution in [3.63, 3.8) is 0 Å². The molecule has 0 radical (unpaired) electrons. The fourth-order valence-corrected chi connectivity index (χ4v) is 5.51. The molecule has 1 aliphatic rings. The monoisotopic (exact) mass is 475 g/mol. The van der Waals surface area contributed by atoms with Gasteiger partial charge in [0.05, 0.1) is 35.6 Å². The molecule has 4 aromatic rings. The Hall–Kier alpha value is -4.10. The van der Waals surface area contributed by atoms with Crippen molar-refractivity contribution < 1.29 is 17.7 Å². The highest BCUT2D eigenvalue weighted by atomic mass is 32.2. The van der Waals surface area contributed by atoms with Gasteiger partial charge in [-0.1, -0.05) is 29.4 Å². The van der Waals surface area contributed by atoms with Gasteiger partial charge in [-0.05, 0) is 48.6 Å². The van der Waals surface area contributed by atoms with Gasteiger partial charge in [-0.25, -0.2) is 8.42 Å². The summed E-state index contributed by atoms with van der Waals surface area (Å²) in [6.45, 7) is 4.94. The van der Waals surface area contributed by atoms with Crippen molar-refractivity contribution in [2.75, 3.05) is 4.72 Å². The van der Waals surface area contributed by atoms with Crippen molar-refractivity contribution in [2.45, 2.75) is 38.4 Å². The normalized spacial score (nSPS) is 13.1. The predicted octanol–water partition coefficient (Wildman–Crippen LogP) is 2.97. The molecule has 34 heavy (non-hydrogen) atoms. The summed E-state index contributed by atoms with van der Waals surface area (Å²) in [4.78, 5) is 13.5. The fourth-order valence-electron chi connectivity index (χ4n) is 4.26. The number of amides is 1. The Balaban J connectivity index is 1.38. The summed E-state index contributed by atoms with van der Waals surface area (Å²) in [5.74, 6) is 1.94. The topological polar surface area (TPSA) is 110 Å². The molecule has 2 aromatic heterocycles. The molecular weight excluding hydrogens is 454 g/mol. The number of carbonyl (C=O) groups is 1. The molecule has 3 heterocycles. The van der Waals surface area contributed by atoms with E-state index in [1.807, 2.05) is 25.3 Å².